The average molecular weight is 364 g/mol. The minimum atomic E-state index is -0.134. The summed E-state index contributed by atoms with van der Waals surface area (Å²) in [5.74, 6) is 1.86. The lowest BCUT2D eigenvalue weighted by atomic mass is 10.2. The zero-order chi connectivity index (χ0) is 18.1. The second kappa shape index (κ2) is 6.76. The number of hydrogen-bond donors (Lipinski definition) is 0. The lowest BCUT2D eigenvalue weighted by molar-refractivity contribution is 0.393. The molecule has 0 N–H and O–H groups in total. The van der Waals surface area contributed by atoms with Crippen molar-refractivity contribution < 1.29 is 4.52 Å². The zero-order valence-corrected chi connectivity index (χ0v) is 15.2. The van der Waals surface area contributed by atoms with Crippen LogP contribution in [0.1, 0.15) is 17.0 Å². The molecule has 130 valence electrons. The highest BCUT2D eigenvalue weighted by atomic mass is 32.2. The van der Waals surface area contributed by atoms with Gasteiger partial charge in [0.1, 0.15) is 11.6 Å². The van der Waals surface area contributed by atoms with Gasteiger partial charge in [0.15, 0.2) is 5.16 Å². The normalized spacial score (nSPS) is 11.2. The van der Waals surface area contributed by atoms with Crippen LogP contribution in [0.2, 0.25) is 0 Å². The molecule has 0 saturated carbocycles. The highest BCUT2D eigenvalue weighted by molar-refractivity contribution is 7.98. The lowest BCUT2D eigenvalue weighted by Crippen LogP contribution is -2.22. The maximum absolute atomic E-state index is 13.1. The molecule has 1 aromatic carbocycles. The van der Waals surface area contributed by atoms with Gasteiger partial charge in [0, 0.05) is 18.0 Å². The maximum Gasteiger partial charge on any atom is 0.267 e. The van der Waals surface area contributed by atoms with Gasteiger partial charge in [-0.05, 0) is 37.6 Å². The number of aryl methyl sites for hydroxylation is 2. The molecular weight excluding hydrogens is 348 g/mol. The third-order valence-corrected chi connectivity index (χ3v) is 4.87. The molecule has 0 bridgehead atoms. The van der Waals surface area contributed by atoms with E-state index in [1.54, 1.807) is 16.8 Å². The number of pyridine rings is 1. The van der Waals surface area contributed by atoms with E-state index in [0.29, 0.717) is 27.6 Å². The molecule has 7 heteroatoms. The van der Waals surface area contributed by atoms with Gasteiger partial charge in [0.2, 0.25) is 0 Å². The van der Waals surface area contributed by atoms with Crippen molar-refractivity contribution in [2.75, 3.05) is 0 Å². The van der Waals surface area contributed by atoms with E-state index in [4.69, 9.17) is 4.52 Å². The Balaban J connectivity index is 1.84. The molecule has 0 amide bonds. The van der Waals surface area contributed by atoms with Crippen LogP contribution in [-0.2, 0) is 5.75 Å². The summed E-state index contributed by atoms with van der Waals surface area (Å²) in [5.41, 5.74) is 2.37. The summed E-state index contributed by atoms with van der Waals surface area (Å²) in [7, 11) is 0. The molecule has 0 aliphatic rings. The Morgan fingerprint density at radius 2 is 2.00 bits per heavy atom. The van der Waals surface area contributed by atoms with Gasteiger partial charge in [-0.2, -0.15) is 0 Å². The van der Waals surface area contributed by atoms with E-state index in [1.165, 1.54) is 11.8 Å². The minimum absolute atomic E-state index is 0.134. The van der Waals surface area contributed by atoms with Crippen molar-refractivity contribution in [2.24, 2.45) is 0 Å². The van der Waals surface area contributed by atoms with Crippen molar-refractivity contribution >= 4 is 22.7 Å². The van der Waals surface area contributed by atoms with Crippen LogP contribution in [0.5, 0.6) is 0 Å². The molecule has 0 fully saturated rings. The summed E-state index contributed by atoms with van der Waals surface area (Å²) >= 11 is 1.43. The molecule has 3 heterocycles. The smallest absolute Gasteiger partial charge is 0.267 e. The van der Waals surface area contributed by atoms with E-state index in [1.807, 2.05) is 50.2 Å². The van der Waals surface area contributed by atoms with Gasteiger partial charge in [-0.1, -0.05) is 35.1 Å². The maximum atomic E-state index is 13.1. The predicted octanol–water partition coefficient (Wildman–Crippen LogP) is 3.68. The van der Waals surface area contributed by atoms with E-state index in [-0.39, 0.29) is 5.56 Å². The van der Waals surface area contributed by atoms with E-state index < -0.39 is 0 Å². The van der Waals surface area contributed by atoms with Crippen LogP contribution in [0.15, 0.2) is 63.1 Å². The topological polar surface area (TPSA) is 73.8 Å². The number of rotatable bonds is 4. The molecule has 3 aromatic heterocycles. The number of nitrogens with zero attached hydrogens (tertiary/aromatic N) is 4. The van der Waals surface area contributed by atoms with Crippen molar-refractivity contribution in [3.8, 4) is 5.82 Å². The highest BCUT2D eigenvalue weighted by Gasteiger charge is 2.15. The molecule has 4 aromatic rings. The van der Waals surface area contributed by atoms with Gasteiger partial charge in [0.25, 0.3) is 5.56 Å². The zero-order valence-electron chi connectivity index (χ0n) is 14.3. The standard InChI is InChI=1S/C19H16N4O2S/c1-12-7-8-17(20-10-12)23-18(24)15-5-3-4-6-16(15)21-19(23)26-11-14-9-13(2)25-22-14/h3-10H,11H2,1-2H3. The SMILES string of the molecule is Cc1ccc(-n2c(SCc3cc(C)on3)nc3ccccc3c2=O)nc1. The van der Waals surface area contributed by atoms with Gasteiger partial charge in [-0.25, -0.2) is 14.5 Å². The van der Waals surface area contributed by atoms with Crippen LogP contribution in [0.25, 0.3) is 16.7 Å². The third kappa shape index (κ3) is 3.13. The van der Waals surface area contributed by atoms with Crippen molar-refractivity contribution in [3.63, 3.8) is 0 Å². The van der Waals surface area contributed by atoms with Gasteiger partial charge >= 0.3 is 0 Å². The summed E-state index contributed by atoms with van der Waals surface area (Å²) in [5, 5.41) is 5.14. The molecule has 0 spiro atoms. The molecule has 0 saturated heterocycles. The van der Waals surface area contributed by atoms with Gasteiger partial charge < -0.3 is 4.52 Å². The minimum Gasteiger partial charge on any atom is -0.361 e. The number of aromatic nitrogens is 4. The fraction of sp³-hybridized carbons (Fsp3) is 0.158. The molecule has 0 atom stereocenters. The van der Waals surface area contributed by atoms with Crippen molar-refractivity contribution in [2.45, 2.75) is 24.8 Å². The summed E-state index contributed by atoms with van der Waals surface area (Å²) < 4.78 is 6.67. The third-order valence-electron chi connectivity index (χ3n) is 3.90. The van der Waals surface area contributed by atoms with E-state index in [2.05, 4.69) is 15.1 Å². The Morgan fingerprint density at radius 3 is 2.73 bits per heavy atom. The molecule has 0 unspecified atom stereocenters. The number of para-hydroxylation sites is 1. The second-order valence-corrected chi connectivity index (χ2v) is 6.91. The molecule has 0 aliphatic carbocycles. The first-order chi connectivity index (χ1) is 12.6. The van der Waals surface area contributed by atoms with Crippen LogP contribution in [0, 0.1) is 13.8 Å². The molecule has 6 nitrogen and oxygen atoms in total. The van der Waals surface area contributed by atoms with Crippen LogP contribution in [0.3, 0.4) is 0 Å². The van der Waals surface area contributed by atoms with E-state index in [0.717, 1.165) is 17.0 Å². The van der Waals surface area contributed by atoms with Crippen LogP contribution >= 0.6 is 11.8 Å². The Kier molecular flexibility index (Phi) is 4.30. The number of thioether (sulfide) groups is 1. The number of benzene rings is 1. The summed E-state index contributed by atoms with van der Waals surface area (Å²) in [4.78, 5) is 22.2. The van der Waals surface area contributed by atoms with Gasteiger partial charge in [-0.3, -0.25) is 4.79 Å². The first-order valence-corrected chi connectivity index (χ1v) is 9.10. The monoisotopic (exact) mass is 364 g/mol. The van der Waals surface area contributed by atoms with E-state index >= 15 is 0 Å². The fourth-order valence-electron chi connectivity index (χ4n) is 2.63. The molecule has 4 rings (SSSR count). The summed E-state index contributed by atoms with van der Waals surface area (Å²) in [6.45, 7) is 3.81. The average Bonchev–Trinajstić information content (AvgIpc) is 3.07. The number of hydrogen-bond acceptors (Lipinski definition) is 6. The van der Waals surface area contributed by atoms with Crippen LogP contribution < -0.4 is 5.56 Å². The molecular formula is C19H16N4O2S. The van der Waals surface area contributed by atoms with Crippen molar-refractivity contribution in [1.82, 2.24) is 19.7 Å². The Labute approximate surface area is 153 Å². The fourth-order valence-corrected chi connectivity index (χ4v) is 3.51. The summed E-state index contributed by atoms with van der Waals surface area (Å²) in [6.07, 6.45) is 1.74. The van der Waals surface area contributed by atoms with Gasteiger partial charge in [0.05, 0.1) is 16.6 Å². The Hall–Kier alpha value is -2.93. The molecule has 0 aliphatic heterocycles. The Morgan fingerprint density at radius 1 is 1.15 bits per heavy atom. The second-order valence-electron chi connectivity index (χ2n) is 5.96. The molecule has 0 radical (unpaired) electrons. The first kappa shape index (κ1) is 16.5. The highest BCUT2D eigenvalue weighted by Crippen LogP contribution is 2.24. The van der Waals surface area contributed by atoms with Crippen LogP contribution in [0.4, 0.5) is 0 Å². The predicted molar refractivity (Wildman–Crippen MR) is 101 cm³/mol. The molecule has 26 heavy (non-hydrogen) atoms. The van der Waals surface area contributed by atoms with E-state index in [9.17, 15) is 4.79 Å². The largest absolute Gasteiger partial charge is 0.361 e. The first-order valence-electron chi connectivity index (χ1n) is 8.11. The number of fused-ring (bicyclic) bond motifs is 1. The quantitative estimate of drug-likeness (QED) is 0.406. The van der Waals surface area contributed by atoms with Crippen LogP contribution in [-0.4, -0.2) is 19.7 Å². The lowest BCUT2D eigenvalue weighted by Gasteiger charge is -2.12. The van der Waals surface area contributed by atoms with Crippen molar-refractivity contribution in [1.29, 1.82) is 0 Å². The Bertz CT molecular complexity index is 1130. The van der Waals surface area contributed by atoms with Gasteiger partial charge in [-0.15, -0.1) is 0 Å². The summed E-state index contributed by atoms with van der Waals surface area (Å²) in [6, 6.07) is 13.0. The van der Waals surface area contributed by atoms with Crippen molar-refractivity contribution in [3.05, 3.63) is 76.0 Å².